The van der Waals surface area contributed by atoms with Crippen molar-refractivity contribution in [3.63, 3.8) is 0 Å². The van der Waals surface area contributed by atoms with Crippen LogP contribution < -0.4 is 10.1 Å². The molecule has 1 aromatic rings. The van der Waals surface area contributed by atoms with Gasteiger partial charge in [-0.3, -0.25) is 9.59 Å². The lowest BCUT2D eigenvalue weighted by Crippen LogP contribution is -2.31. The van der Waals surface area contributed by atoms with Gasteiger partial charge in [-0.2, -0.15) is 0 Å². The van der Waals surface area contributed by atoms with E-state index in [4.69, 9.17) is 9.84 Å². The molecule has 0 aromatic heterocycles. The number of carbonyl (C=O) groups excluding carboxylic acids is 1. The van der Waals surface area contributed by atoms with Gasteiger partial charge in [-0.05, 0) is 18.9 Å². The lowest BCUT2D eigenvalue weighted by Gasteiger charge is -2.11. The number of fused-ring (bicyclic) bond motifs is 1. The highest BCUT2D eigenvalue weighted by Crippen LogP contribution is 2.33. The van der Waals surface area contributed by atoms with Crippen LogP contribution in [0.5, 0.6) is 5.75 Å². The van der Waals surface area contributed by atoms with Crippen molar-refractivity contribution in [3.05, 3.63) is 29.8 Å². The summed E-state index contributed by atoms with van der Waals surface area (Å²) in [5, 5.41) is 11.6. The Labute approximate surface area is 117 Å². The number of aliphatic carboxylic acids is 1. The Morgan fingerprint density at radius 3 is 2.95 bits per heavy atom. The zero-order valence-electron chi connectivity index (χ0n) is 11.5. The van der Waals surface area contributed by atoms with Crippen molar-refractivity contribution in [2.75, 3.05) is 13.2 Å². The number of carboxylic acids is 1. The Kier molecular flexibility index (Phi) is 4.61. The van der Waals surface area contributed by atoms with Gasteiger partial charge in [0.25, 0.3) is 0 Å². The van der Waals surface area contributed by atoms with E-state index in [1.807, 2.05) is 24.3 Å². The molecule has 1 aromatic carbocycles. The minimum Gasteiger partial charge on any atom is -0.492 e. The maximum Gasteiger partial charge on any atom is 0.306 e. The second-order valence-corrected chi connectivity index (χ2v) is 5.07. The first kappa shape index (κ1) is 14.4. The summed E-state index contributed by atoms with van der Waals surface area (Å²) in [6.07, 6.45) is 1.22. The van der Waals surface area contributed by atoms with Crippen molar-refractivity contribution < 1.29 is 19.4 Å². The van der Waals surface area contributed by atoms with Crippen LogP contribution >= 0.6 is 0 Å². The van der Waals surface area contributed by atoms with Crippen LogP contribution in [0.1, 0.15) is 31.2 Å². The van der Waals surface area contributed by atoms with Crippen molar-refractivity contribution >= 4 is 11.9 Å². The van der Waals surface area contributed by atoms with Gasteiger partial charge in [0.05, 0.1) is 5.92 Å². The first-order valence-corrected chi connectivity index (χ1v) is 6.82. The second-order valence-electron chi connectivity index (χ2n) is 5.07. The van der Waals surface area contributed by atoms with Crippen LogP contribution in [0.4, 0.5) is 0 Å². The summed E-state index contributed by atoms with van der Waals surface area (Å²) >= 11 is 0. The molecule has 2 unspecified atom stereocenters. The molecular weight excluding hydrogens is 258 g/mol. The van der Waals surface area contributed by atoms with Gasteiger partial charge in [0, 0.05) is 12.1 Å². The van der Waals surface area contributed by atoms with E-state index >= 15 is 0 Å². The minimum atomic E-state index is -0.797. The molecule has 2 rings (SSSR count). The van der Waals surface area contributed by atoms with Crippen molar-refractivity contribution in [2.45, 2.75) is 25.7 Å². The molecule has 0 bridgehead atoms. The van der Waals surface area contributed by atoms with Crippen LogP contribution in [0, 0.1) is 5.92 Å². The number of rotatable bonds is 6. The molecule has 2 atom stereocenters. The van der Waals surface area contributed by atoms with Crippen LogP contribution in [0.3, 0.4) is 0 Å². The SMILES string of the molecule is CC(CCCNC(=O)C1COc2ccccc21)C(=O)O. The third kappa shape index (κ3) is 3.29. The van der Waals surface area contributed by atoms with Crippen LogP contribution in [0.2, 0.25) is 0 Å². The van der Waals surface area contributed by atoms with Gasteiger partial charge in [-0.1, -0.05) is 25.1 Å². The predicted octanol–water partition coefficient (Wildman–Crippen LogP) is 1.78. The number of hydrogen-bond donors (Lipinski definition) is 2. The standard InChI is InChI=1S/C15H19NO4/c1-10(15(18)19)5-4-8-16-14(17)12-9-20-13-7-3-2-6-11(12)13/h2-3,6-7,10,12H,4-5,8-9H2,1H3,(H,16,17)(H,18,19). The van der Waals surface area contributed by atoms with Gasteiger partial charge in [0.15, 0.2) is 0 Å². The average Bonchev–Trinajstić information content (AvgIpc) is 2.87. The molecule has 1 amide bonds. The number of nitrogens with one attached hydrogen (secondary N) is 1. The van der Waals surface area contributed by atoms with Gasteiger partial charge in [0.1, 0.15) is 18.3 Å². The van der Waals surface area contributed by atoms with Crippen molar-refractivity contribution in [1.82, 2.24) is 5.32 Å². The molecule has 0 spiro atoms. The molecule has 0 saturated carbocycles. The number of carbonyl (C=O) groups is 2. The number of para-hydroxylation sites is 1. The summed E-state index contributed by atoms with van der Waals surface area (Å²) in [5.41, 5.74) is 0.920. The number of hydrogen-bond acceptors (Lipinski definition) is 3. The van der Waals surface area contributed by atoms with E-state index in [1.54, 1.807) is 6.92 Å². The highest BCUT2D eigenvalue weighted by atomic mass is 16.5. The molecule has 1 aliphatic heterocycles. The van der Waals surface area contributed by atoms with E-state index in [2.05, 4.69) is 5.32 Å². The molecular formula is C15H19NO4. The monoisotopic (exact) mass is 277 g/mol. The maximum absolute atomic E-state index is 12.1. The molecule has 0 fully saturated rings. The minimum absolute atomic E-state index is 0.0575. The average molecular weight is 277 g/mol. The largest absolute Gasteiger partial charge is 0.492 e. The lowest BCUT2D eigenvalue weighted by molar-refractivity contribution is -0.141. The second kappa shape index (κ2) is 6.41. The summed E-state index contributed by atoms with van der Waals surface area (Å²) in [6.45, 7) is 2.54. The van der Waals surface area contributed by atoms with Gasteiger partial charge in [0.2, 0.25) is 5.91 Å². The van der Waals surface area contributed by atoms with Crippen LogP contribution in [0.25, 0.3) is 0 Å². The van der Waals surface area contributed by atoms with Crippen molar-refractivity contribution in [1.29, 1.82) is 0 Å². The highest BCUT2D eigenvalue weighted by molar-refractivity contribution is 5.85. The first-order valence-electron chi connectivity index (χ1n) is 6.82. The van der Waals surface area contributed by atoms with E-state index < -0.39 is 5.97 Å². The number of carboxylic acid groups (broad SMARTS) is 1. The fraction of sp³-hybridized carbons (Fsp3) is 0.467. The zero-order chi connectivity index (χ0) is 14.5. The van der Waals surface area contributed by atoms with Crippen LogP contribution in [-0.4, -0.2) is 30.1 Å². The molecule has 20 heavy (non-hydrogen) atoms. The molecule has 1 heterocycles. The molecule has 1 aliphatic rings. The van der Waals surface area contributed by atoms with Gasteiger partial charge in [-0.25, -0.2) is 0 Å². The molecule has 2 N–H and O–H groups in total. The number of ether oxygens (including phenoxy) is 1. The maximum atomic E-state index is 12.1. The van der Waals surface area contributed by atoms with Crippen molar-refractivity contribution in [2.24, 2.45) is 5.92 Å². The van der Waals surface area contributed by atoms with Gasteiger partial charge in [-0.15, -0.1) is 0 Å². The fourth-order valence-corrected chi connectivity index (χ4v) is 2.25. The van der Waals surface area contributed by atoms with E-state index in [9.17, 15) is 9.59 Å². The summed E-state index contributed by atoms with van der Waals surface area (Å²) in [4.78, 5) is 22.7. The van der Waals surface area contributed by atoms with E-state index in [0.29, 0.717) is 26.0 Å². The molecule has 108 valence electrons. The molecule has 5 heteroatoms. The van der Waals surface area contributed by atoms with Gasteiger partial charge < -0.3 is 15.2 Å². The molecule has 0 radical (unpaired) electrons. The predicted molar refractivity (Wildman–Crippen MR) is 73.7 cm³/mol. The summed E-state index contributed by atoms with van der Waals surface area (Å²) < 4.78 is 5.47. The molecule has 5 nitrogen and oxygen atoms in total. The normalized spacial score (nSPS) is 17.9. The molecule has 0 aliphatic carbocycles. The smallest absolute Gasteiger partial charge is 0.306 e. The van der Waals surface area contributed by atoms with Gasteiger partial charge >= 0.3 is 5.97 Å². The third-order valence-electron chi connectivity index (χ3n) is 3.55. The van der Waals surface area contributed by atoms with E-state index in [-0.39, 0.29) is 17.7 Å². The Hall–Kier alpha value is -2.04. The Morgan fingerprint density at radius 1 is 1.45 bits per heavy atom. The Morgan fingerprint density at radius 2 is 2.20 bits per heavy atom. The number of amides is 1. The fourth-order valence-electron chi connectivity index (χ4n) is 2.25. The third-order valence-corrected chi connectivity index (χ3v) is 3.55. The van der Waals surface area contributed by atoms with Crippen molar-refractivity contribution in [3.8, 4) is 5.75 Å². The highest BCUT2D eigenvalue weighted by Gasteiger charge is 2.29. The lowest BCUT2D eigenvalue weighted by atomic mass is 10.0. The molecule has 0 saturated heterocycles. The summed E-state index contributed by atoms with van der Waals surface area (Å²) in [7, 11) is 0. The van der Waals surface area contributed by atoms with E-state index in [0.717, 1.165) is 11.3 Å². The van der Waals surface area contributed by atoms with Crippen LogP contribution in [0.15, 0.2) is 24.3 Å². The number of benzene rings is 1. The Bertz CT molecular complexity index is 500. The zero-order valence-corrected chi connectivity index (χ0v) is 11.5. The first-order chi connectivity index (χ1) is 9.59. The van der Waals surface area contributed by atoms with Crippen LogP contribution in [-0.2, 0) is 9.59 Å². The summed E-state index contributed by atoms with van der Waals surface area (Å²) in [5.74, 6) is -0.718. The quantitative estimate of drug-likeness (QED) is 0.777. The topological polar surface area (TPSA) is 75.6 Å². The summed E-state index contributed by atoms with van der Waals surface area (Å²) in [6, 6.07) is 7.53. The Balaban J connectivity index is 1.78. The van der Waals surface area contributed by atoms with E-state index in [1.165, 1.54) is 0 Å².